The zero-order valence-corrected chi connectivity index (χ0v) is 15.1. The Bertz CT molecular complexity index is 391. The molecule has 0 bridgehead atoms. The molecule has 5 heteroatoms. The summed E-state index contributed by atoms with van der Waals surface area (Å²) in [5.74, 6) is 0.583. The van der Waals surface area contributed by atoms with E-state index in [1.165, 1.54) is 6.42 Å². The largest absolute Gasteiger partial charge is 0.461 e. The van der Waals surface area contributed by atoms with Crippen molar-refractivity contribution in [3.05, 3.63) is 0 Å². The van der Waals surface area contributed by atoms with Crippen LogP contribution in [0.1, 0.15) is 60.3 Å². The molecule has 4 atom stereocenters. The van der Waals surface area contributed by atoms with Crippen molar-refractivity contribution in [2.45, 2.75) is 78.6 Å². The highest BCUT2D eigenvalue weighted by atomic mass is 16.6. The number of hydrogen-bond donors (Lipinski definition) is 1. The molecule has 1 rings (SSSR count). The average Bonchev–Trinajstić information content (AvgIpc) is 2.44. The molecule has 0 aromatic rings. The van der Waals surface area contributed by atoms with Crippen molar-refractivity contribution in [2.24, 2.45) is 17.8 Å². The molecule has 0 heterocycles. The van der Waals surface area contributed by atoms with E-state index in [-0.39, 0.29) is 31.0 Å². The van der Waals surface area contributed by atoms with Crippen molar-refractivity contribution in [3.8, 4) is 0 Å². The number of ether oxygens (including phenoxy) is 2. The highest BCUT2D eigenvalue weighted by molar-refractivity contribution is 5.86. The summed E-state index contributed by atoms with van der Waals surface area (Å²) in [6.45, 7) is 9.93. The van der Waals surface area contributed by atoms with Gasteiger partial charge >= 0.3 is 5.97 Å². The van der Waals surface area contributed by atoms with E-state index in [4.69, 9.17) is 9.47 Å². The summed E-state index contributed by atoms with van der Waals surface area (Å²) in [6, 6.07) is 0. The fourth-order valence-corrected chi connectivity index (χ4v) is 3.18. The van der Waals surface area contributed by atoms with Crippen molar-refractivity contribution in [1.82, 2.24) is 0 Å². The van der Waals surface area contributed by atoms with Crippen LogP contribution in [0.25, 0.3) is 0 Å². The Morgan fingerprint density at radius 1 is 1.17 bits per heavy atom. The van der Waals surface area contributed by atoms with Gasteiger partial charge in [-0.15, -0.1) is 0 Å². The number of aliphatic hydroxyl groups excluding tert-OH is 1. The van der Waals surface area contributed by atoms with Gasteiger partial charge in [-0.2, -0.15) is 0 Å². The lowest BCUT2D eigenvalue weighted by atomic mass is 9.75. The van der Waals surface area contributed by atoms with Gasteiger partial charge in [0.05, 0.1) is 12.2 Å². The molecule has 0 aromatic carbocycles. The van der Waals surface area contributed by atoms with Gasteiger partial charge in [-0.3, -0.25) is 4.79 Å². The van der Waals surface area contributed by atoms with E-state index in [0.29, 0.717) is 17.8 Å². The Balaban J connectivity index is 2.43. The third kappa shape index (κ3) is 7.00. The fraction of sp³-hybridized carbons (Fsp3) is 0.889. The van der Waals surface area contributed by atoms with Crippen molar-refractivity contribution >= 4 is 11.8 Å². The molecule has 0 spiro atoms. The molecular formula is C18H32O5. The summed E-state index contributed by atoms with van der Waals surface area (Å²) in [5.41, 5.74) is 0. The van der Waals surface area contributed by atoms with Crippen LogP contribution in [0, 0.1) is 17.8 Å². The Morgan fingerprint density at radius 2 is 1.83 bits per heavy atom. The number of carbonyl (C=O) groups is 2. The fourth-order valence-electron chi connectivity index (χ4n) is 3.18. The number of aliphatic hydroxyl groups is 1. The molecule has 134 valence electrons. The second-order valence-corrected chi connectivity index (χ2v) is 7.42. The SMILES string of the molecule is CC1CCC(C(C)C)C(OCC(=O)CC(O)C(=O)OC(C)C)C1. The van der Waals surface area contributed by atoms with Crippen LogP contribution in [-0.2, 0) is 19.1 Å². The van der Waals surface area contributed by atoms with E-state index in [2.05, 4.69) is 20.8 Å². The van der Waals surface area contributed by atoms with Crippen molar-refractivity contribution in [1.29, 1.82) is 0 Å². The minimum Gasteiger partial charge on any atom is -0.461 e. The van der Waals surface area contributed by atoms with Gasteiger partial charge in [-0.1, -0.05) is 27.2 Å². The van der Waals surface area contributed by atoms with Crippen LogP contribution in [0.5, 0.6) is 0 Å². The van der Waals surface area contributed by atoms with Gasteiger partial charge in [-0.25, -0.2) is 4.79 Å². The van der Waals surface area contributed by atoms with E-state index in [1.54, 1.807) is 13.8 Å². The summed E-state index contributed by atoms with van der Waals surface area (Å²) in [7, 11) is 0. The minimum atomic E-state index is -1.40. The molecule has 0 radical (unpaired) electrons. The molecule has 23 heavy (non-hydrogen) atoms. The van der Waals surface area contributed by atoms with Crippen molar-refractivity contribution in [3.63, 3.8) is 0 Å². The molecule has 1 aliphatic rings. The van der Waals surface area contributed by atoms with Gasteiger partial charge in [0.2, 0.25) is 0 Å². The van der Waals surface area contributed by atoms with Gasteiger partial charge in [0, 0.05) is 6.42 Å². The molecule has 4 unspecified atom stereocenters. The van der Waals surface area contributed by atoms with E-state index in [1.807, 2.05) is 0 Å². The number of rotatable bonds is 8. The standard InChI is InChI=1S/C18H32O5/c1-11(2)15-7-6-13(5)8-17(15)22-10-14(19)9-16(20)18(21)23-12(3)4/h11-13,15-17,20H,6-10H2,1-5H3. The molecule has 1 aliphatic carbocycles. The second-order valence-electron chi connectivity index (χ2n) is 7.42. The van der Waals surface area contributed by atoms with Crippen LogP contribution >= 0.6 is 0 Å². The summed E-state index contributed by atoms with van der Waals surface area (Å²) >= 11 is 0. The van der Waals surface area contributed by atoms with Crippen LogP contribution in [-0.4, -0.2) is 41.8 Å². The van der Waals surface area contributed by atoms with Crippen LogP contribution < -0.4 is 0 Å². The molecular weight excluding hydrogens is 296 g/mol. The topological polar surface area (TPSA) is 72.8 Å². The van der Waals surface area contributed by atoms with Crippen molar-refractivity contribution in [2.75, 3.05) is 6.61 Å². The van der Waals surface area contributed by atoms with E-state index >= 15 is 0 Å². The van der Waals surface area contributed by atoms with Gasteiger partial charge in [-0.05, 0) is 44.4 Å². The number of ketones is 1. The molecule has 1 N–H and O–H groups in total. The van der Waals surface area contributed by atoms with Gasteiger partial charge in [0.15, 0.2) is 11.9 Å². The molecule has 0 saturated heterocycles. The first kappa shape index (κ1) is 20.1. The molecule has 0 aromatic heterocycles. The lowest BCUT2D eigenvalue weighted by Gasteiger charge is -2.37. The first-order valence-corrected chi connectivity index (χ1v) is 8.72. The Morgan fingerprint density at radius 3 is 2.39 bits per heavy atom. The Labute approximate surface area is 139 Å². The average molecular weight is 328 g/mol. The third-order valence-electron chi connectivity index (χ3n) is 4.46. The minimum absolute atomic E-state index is 0.0490. The van der Waals surface area contributed by atoms with Crippen LogP contribution in [0.4, 0.5) is 0 Å². The summed E-state index contributed by atoms with van der Waals surface area (Å²) in [5, 5.41) is 9.71. The lowest BCUT2D eigenvalue weighted by molar-refractivity contribution is -0.159. The number of esters is 1. The summed E-state index contributed by atoms with van der Waals surface area (Å²) < 4.78 is 10.7. The Hall–Kier alpha value is -0.940. The number of Topliss-reactive ketones (excluding diaryl/α,β-unsaturated/α-hetero) is 1. The maximum absolute atomic E-state index is 12.0. The smallest absolute Gasteiger partial charge is 0.335 e. The van der Waals surface area contributed by atoms with E-state index < -0.39 is 12.1 Å². The van der Waals surface area contributed by atoms with E-state index in [9.17, 15) is 14.7 Å². The lowest BCUT2D eigenvalue weighted by Crippen LogP contribution is -2.36. The predicted octanol–water partition coefficient (Wildman–Crippen LogP) is 2.74. The van der Waals surface area contributed by atoms with Gasteiger partial charge in [0.1, 0.15) is 6.61 Å². The summed E-state index contributed by atoms with van der Waals surface area (Å²) in [6.07, 6.45) is 1.42. The molecule has 0 amide bonds. The quantitative estimate of drug-likeness (QED) is 0.694. The maximum atomic E-state index is 12.0. The zero-order chi connectivity index (χ0) is 17.6. The molecule has 0 aliphatic heterocycles. The third-order valence-corrected chi connectivity index (χ3v) is 4.46. The molecule has 1 saturated carbocycles. The van der Waals surface area contributed by atoms with Crippen LogP contribution in [0.3, 0.4) is 0 Å². The highest BCUT2D eigenvalue weighted by Gasteiger charge is 2.32. The molecule has 5 nitrogen and oxygen atoms in total. The maximum Gasteiger partial charge on any atom is 0.335 e. The molecule has 1 fully saturated rings. The van der Waals surface area contributed by atoms with Crippen LogP contribution in [0.2, 0.25) is 0 Å². The van der Waals surface area contributed by atoms with Crippen LogP contribution in [0.15, 0.2) is 0 Å². The monoisotopic (exact) mass is 328 g/mol. The zero-order valence-electron chi connectivity index (χ0n) is 15.1. The van der Waals surface area contributed by atoms with Gasteiger partial charge in [0.25, 0.3) is 0 Å². The Kier molecular flexibility index (Phi) is 8.20. The van der Waals surface area contributed by atoms with E-state index in [0.717, 1.165) is 12.8 Å². The first-order chi connectivity index (χ1) is 10.7. The summed E-state index contributed by atoms with van der Waals surface area (Å²) in [4.78, 5) is 23.5. The number of hydrogen-bond acceptors (Lipinski definition) is 5. The first-order valence-electron chi connectivity index (χ1n) is 8.72. The normalized spacial score (nSPS) is 26.3. The number of carbonyl (C=O) groups excluding carboxylic acids is 2. The second kappa shape index (κ2) is 9.38. The van der Waals surface area contributed by atoms with Crippen molar-refractivity contribution < 1.29 is 24.2 Å². The van der Waals surface area contributed by atoms with Gasteiger partial charge < -0.3 is 14.6 Å². The predicted molar refractivity (Wildman–Crippen MR) is 87.9 cm³/mol. The highest BCUT2D eigenvalue weighted by Crippen LogP contribution is 2.35.